The van der Waals surface area contributed by atoms with Crippen LogP contribution in [0.15, 0.2) is 18.2 Å². The van der Waals surface area contributed by atoms with E-state index >= 15 is 0 Å². The van der Waals surface area contributed by atoms with Crippen LogP contribution >= 0.6 is 0 Å². The minimum Gasteiger partial charge on any atom is -0.444 e. The van der Waals surface area contributed by atoms with Gasteiger partial charge in [-0.2, -0.15) is 4.39 Å². The topological polar surface area (TPSA) is 42.4 Å². The number of nitrogens with zero attached hydrogens (tertiary/aromatic N) is 2. The number of carbonyl (C=O) groups excluding carboxylic acids is 1. The number of carbonyl (C=O) groups is 1. The summed E-state index contributed by atoms with van der Waals surface area (Å²) in [6.07, 6.45) is 1.30. The van der Waals surface area contributed by atoms with Crippen molar-refractivity contribution in [1.29, 1.82) is 0 Å². The molecule has 20 heavy (non-hydrogen) atoms. The Morgan fingerprint density at radius 1 is 1.35 bits per heavy atom. The van der Waals surface area contributed by atoms with Gasteiger partial charge in [0.05, 0.1) is 0 Å². The predicted molar refractivity (Wildman–Crippen MR) is 74.0 cm³/mol. The highest BCUT2D eigenvalue weighted by molar-refractivity contribution is 5.68. The normalized spacial score (nSPS) is 17.1. The zero-order valence-electron chi connectivity index (χ0n) is 12.2. The molecule has 1 amide bonds. The molecular weight excluding hydrogens is 259 g/mol. The molecule has 0 saturated carbocycles. The van der Waals surface area contributed by atoms with Gasteiger partial charge in [-0.05, 0) is 45.7 Å². The molecule has 2 rings (SSSR count). The lowest BCUT2D eigenvalue weighted by Crippen LogP contribution is -2.41. The number of likely N-dealkylation sites (tertiary alicyclic amines) is 1. The molecule has 0 spiro atoms. The Kier molecular flexibility index (Phi) is 4.26. The molecule has 0 aromatic carbocycles. The van der Waals surface area contributed by atoms with E-state index in [4.69, 9.17) is 4.74 Å². The van der Waals surface area contributed by atoms with Gasteiger partial charge in [0.25, 0.3) is 0 Å². The second-order valence-electron chi connectivity index (χ2n) is 6.13. The zero-order valence-corrected chi connectivity index (χ0v) is 12.2. The molecule has 1 aromatic rings. The third-order valence-corrected chi connectivity index (χ3v) is 3.30. The number of ether oxygens (including phenoxy) is 1. The van der Waals surface area contributed by atoms with Crippen LogP contribution in [-0.4, -0.2) is 34.7 Å². The van der Waals surface area contributed by atoms with Gasteiger partial charge in [0.15, 0.2) is 0 Å². The number of piperidine rings is 1. The van der Waals surface area contributed by atoms with Crippen LogP contribution in [0.2, 0.25) is 0 Å². The summed E-state index contributed by atoms with van der Waals surface area (Å²) < 4.78 is 18.5. The first-order chi connectivity index (χ1) is 9.35. The summed E-state index contributed by atoms with van der Waals surface area (Å²) in [5.41, 5.74) is 0.298. The number of pyridine rings is 1. The van der Waals surface area contributed by atoms with Crippen LogP contribution in [0.5, 0.6) is 0 Å². The fraction of sp³-hybridized carbons (Fsp3) is 0.600. The SMILES string of the molecule is CC(C)(C)OC(=O)N1CCC(c2cccc(F)n2)CC1. The van der Waals surface area contributed by atoms with Crippen molar-refractivity contribution in [3.63, 3.8) is 0 Å². The molecule has 2 heterocycles. The van der Waals surface area contributed by atoms with Crippen molar-refractivity contribution < 1.29 is 13.9 Å². The molecule has 1 saturated heterocycles. The van der Waals surface area contributed by atoms with E-state index in [2.05, 4.69) is 4.98 Å². The van der Waals surface area contributed by atoms with Crippen LogP contribution in [0.4, 0.5) is 9.18 Å². The zero-order chi connectivity index (χ0) is 14.8. The number of hydrogen-bond donors (Lipinski definition) is 0. The molecule has 0 aliphatic carbocycles. The predicted octanol–water partition coefficient (Wildman–Crippen LogP) is 3.34. The van der Waals surface area contributed by atoms with Crippen molar-refractivity contribution in [2.24, 2.45) is 0 Å². The summed E-state index contributed by atoms with van der Waals surface area (Å²) in [5, 5.41) is 0. The highest BCUT2D eigenvalue weighted by Gasteiger charge is 2.27. The average Bonchev–Trinajstić information content (AvgIpc) is 2.37. The summed E-state index contributed by atoms with van der Waals surface area (Å²) >= 11 is 0. The maximum atomic E-state index is 13.1. The van der Waals surface area contributed by atoms with Gasteiger partial charge in [-0.1, -0.05) is 6.07 Å². The first-order valence-electron chi connectivity index (χ1n) is 6.95. The molecule has 5 heteroatoms. The fourth-order valence-corrected chi connectivity index (χ4v) is 2.34. The van der Waals surface area contributed by atoms with E-state index in [1.165, 1.54) is 6.07 Å². The number of amides is 1. The lowest BCUT2D eigenvalue weighted by atomic mass is 9.93. The van der Waals surface area contributed by atoms with Crippen LogP contribution in [0.1, 0.15) is 45.2 Å². The molecule has 1 aromatic heterocycles. The highest BCUT2D eigenvalue weighted by atomic mass is 19.1. The molecule has 0 bridgehead atoms. The monoisotopic (exact) mass is 280 g/mol. The van der Waals surface area contributed by atoms with Gasteiger partial charge in [-0.15, -0.1) is 0 Å². The van der Waals surface area contributed by atoms with Crippen LogP contribution in [0, 0.1) is 5.95 Å². The van der Waals surface area contributed by atoms with Gasteiger partial charge < -0.3 is 9.64 Å². The number of hydrogen-bond acceptors (Lipinski definition) is 3. The first kappa shape index (κ1) is 14.8. The van der Waals surface area contributed by atoms with E-state index in [1.54, 1.807) is 11.0 Å². The van der Waals surface area contributed by atoms with Crippen molar-refractivity contribution in [1.82, 2.24) is 9.88 Å². The average molecular weight is 280 g/mol. The van der Waals surface area contributed by atoms with E-state index < -0.39 is 11.5 Å². The maximum Gasteiger partial charge on any atom is 0.410 e. The van der Waals surface area contributed by atoms with Crippen molar-refractivity contribution in [2.75, 3.05) is 13.1 Å². The van der Waals surface area contributed by atoms with Crippen LogP contribution in [0.25, 0.3) is 0 Å². The Balaban J connectivity index is 1.91. The van der Waals surface area contributed by atoms with E-state index in [1.807, 2.05) is 26.8 Å². The van der Waals surface area contributed by atoms with Gasteiger partial charge in [0.2, 0.25) is 5.95 Å². The van der Waals surface area contributed by atoms with Crippen molar-refractivity contribution >= 4 is 6.09 Å². The Hall–Kier alpha value is -1.65. The van der Waals surface area contributed by atoms with Crippen molar-refractivity contribution in [3.05, 3.63) is 29.8 Å². The maximum absolute atomic E-state index is 13.1. The molecule has 0 N–H and O–H groups in total. The second-order valence-corrected chi connectivity index (χ2v) is 6.13. The minimum absolute atomic E-state index is 0.212. The van der Waals surface area contributed by atoms with Crippen LogP contribution < -0.4 is 0 Å². The van der Waals surface area contributed by atoms with Crippen LogP contribution in [0.3, 0.4) is 0 Å². The van der Waals surface area contributed by atoms with E-state index in [0.29, 0.717) is 13.1 Å². The smallest absolute Gasteiger partial charge is 0.410 e. The van der Waals surface area contributed by atoms with Crippen molar-refractivity contribution in [2.45, 2.75) is 45.1 Å². The van der Waals surface area contributed by atoms with Gasteiger partial charge in [0, 0.05) is 24.7 Å². The summed E-state index contributed by atoms with van der Waals surface area (Å²) in [7, 11) is 0. The first-order valence-corrected chi connectivity index (χ1v) is 6.95. The third-order valence-electron chi connectivity index (χ3n) is 3.30. The highest BCUT2D eigenvalue weighted by Crippen LogP contribution is 2.27. The Bertz CT molecular complexity index is 477. The number of halogens is 1. The quantitative estimate of drug-likeness (QED) is 0.741. The van der Waals surface area contributed by atoms with E-state index in [9.17, 15) is 9.18 Å². The molecule has 4 nitrogen and oxygen atoms in total. The Labute approximate surface area is 118 Å². The Morgan fingerprint density at radius 3 is 2.55 bits per heavy atom. The summed E-state index contributed by atoms with van der Waals surface area (Å²) in [6.45, 7) is 6.81. The van der Waals surface area contributed by atoms with E-state index in [0.717, 1.165) is 18.5 Å². The number of rotatable bonds is 1. The molecule has 1 aliphatic heterocycles. The van der Waals surface area contributed by atoms with Gasteiger partial charge in [-0.25, -0.2) is 9.78 Å². The molecule has 110 valence electrons. The molecule has 0 unspecified atom stereocenters. The fourth-order valence-electron chi connectivity index (χ4n) is 2.34. The minimum atomic E-state index is -0.474. The summed E-state index contributed by atoms with van der Waals surface area (Å²) in [6, 6.07) is 4.87. The molecular formula is C15H21FN2O2. The molecule has 1 fully saturated rings. The summed E-state index contributed by atoms with van der Waals surface area (Å²) in [4.78, 5) is 17.6. The van der Waals surface area contributed by atoms with E-state index in [-0.39, 0.29) is 12.0 Å². The lowest BCUT2D eigenvalue weighted by molar-refractivity contribution is 0.0204. The largest absolute Gasteiger partial charge is 0.444 e. The molecule has 1 aliphatic rings. The van der Waals surface area contributed by atoms with Gasteiger partial charge in [0.1, 0.15) is 5.60 Å². The number of aromatic nitrogens is 1. The molecule has 0 radical (unpaired) electrons. The third kappa shape index (κ3) is 3.92. The molecule has 0 atom stereocenters. The lowest BCUT2D eigenvalue weighted by Gasteiger charge is -2.33. The summed E-state index contributed by atoms with van der Waals surface area (Å²) in [5.74, 6) is -0.235. The Morgan fingerprint density at radius 2 is 2.00 bits per heavy atom. The van der Waals surface area contributed by atoms with Crippen molar-refractivity contribution in [3.8, 4) is 0 Å². The van der Waals surface area contributed by atoms with Crippen LogP contribution in [-0.2, 0) is 4.74 Å². The standard InChI is InChI=1S/C15H21FN2O2/c1-15(2,3)20-14(19)18-9-7-11(8-10-18)12-5-4-6-13(16)17-12/h4-6,11H,7-10H2,1-3H3. The van der Waals surface area contributed by atoms with Gasteiger partial charge >= 0.3 is 6.09 Å². The van der Waals surface area contributed by atoms with Gasteiger partial charge in [-0.3, -0.25) is 0 Å². The second kappa shape index (κ2) is 5.77.